The van der Waals surface area contributed by atoms with Gasteiger partial charge in [-0.2, -0.15) is 13.2 Å². The van der Waals surface area contributed by atoms with E-state index < -0.39 is 11.7 Å². The van der Waals surface area contributed by atoms with Crippen molar-refractivity contribution >= 4 is 5.69 Å². The van der Waals surface area contributed by atoms with E-state index in [0.29, 0.717) is 0 Å². The zero-order chi connectivity index (χ0) is 14.6. The van der Waals surface area contributed by atoms with Crippen molar-refractivity contribution in [3.8, 4) is 0 Å². The van der Waals surface area contributed by atoms with Gasteiger partial charge in [0.2, 0.25) is 0 Å². The fourth-order valence-electron chi connectivity index (χ4n) is 2.60. The van der Waals surface area contributed by atoms with E-state index in [0.717, 1.165) is 31.7 Å². The highest BCUT2D eigenvalue weighted by Crippen LogP contribution is 2.34. The SMILES string of the molecule is Nc1ccc(COC2CCCCCC2)c(C(F)(F)F)c1. The van der Waals surface area contributed by atoms with Crippen LogP contribution in [0.3, 0.4) is 0 Å². The Balaban J connectivity index is 2.05. The Hall–Kier alpha value is -1.23. The molecule has 1 saturated carbocycles. The fourth-order valence-corrected chi connectivity index (χ4v) is 2.60. The summed E-state index contributed by atoms with van der Waals surface area (Å²) in [7, 11) is 0. The first kappa shape index (κ1) is 15.2. The Kier molecular flexibility index (Phi) is 4.91. The van der Waals surface area contributed by atoms with Crippen LogP contribution in [0.4, 0.5) is 18.9 Å². The molecule has 2 nitrogen and oxygen atoms in total. The molecule has 0 atom stereocenters. The number of benzene rings is 1. The van der Waals surface area contributed by atoms with Crippen LogP contribution in [0.1, 0.15) is 49.7 Å². The molecular weight excluding hydrogens is 267 g/mol. The minimum atomic E-state index is -4.39. The molecule has 1 aromatic rings. The number of hydrogen-bond acceptors (Lipinski definition) is 2. The fraction of sp³-hybridized carbons (Fsp3) is 0.600. The molecule has 0 unspecified atom stereocenters. The van der Waals surface area contributed by atoms with Crippen molar-refractivity contribution in [3.05, 3.63) is 29.3 Å². The van der Waals surface area contributed by atoms with Gasteiger partial charge in [-0.15, -0.1) is 0 Å². The van der Waals surface area contributed by atoms with Crippen molar-refractivity contribution in [1.29, 1.82) is 0 Å². The molecule has 0 aromatic heterocycles. The highest BCUT2D eigenvalue weighted by molar-refractivity contribution is 5.45. The predicted molar refractivity (Wildman–Crippen MR) is 72.1 cm³/mol. The molecule has 2 N–H and O–H groups in total. The average Bonchev–Trinajstić information content (AvgIpc) is 2.64. The van der Waals surface area contributed by atoms with E-state index in [1.54, 1.807) is 0 Å². The lowest BCUT2D eigenvalue weighted by Gasteiger charge is -2.18. The molecule has 112 valence electrons. The molecule has 20 heavy (non-hydrogen) atoms. The molecule has 0 radical (unpaired) electrons. The maximum Gasteiger partial charge on any atom is 0.416 e. The van der Waals surface area contributed by atoms with Crippen molar-refractivity contribution in [2.75, 3.05) is 5.73 Å². The number of rotatable bonds is 3. The molecule has 5 heteroatoms. The number of ether oxygens (including phenoxy) is 1. The molecule has 0 aliphatic heterocycles. The standard InChI is InChI=1S/C15H20F3NO/c16-15(17,18)14-9-12(19)8-7-11(14)10-20-13-5-3-1-2-4-6-13/h7-9,13H,1-6,10,19H2. The second-order valence-electron chi connectivity index (χ2n) is 5.34. The second-order valence-corrected chi connectivity index (χ2v) is 5.34. The maximum atomic E-state index is 12.9. The lowest BCUT2D eigenvalue weighted by molar-refractivity contribution is -0.139. The van der Waals surface area contributed by atoms with Crippen LogP contribution in [0, 0.1) is 0 Å². The van der Waals surface area contributed by atoms with Crippen molar-refractivity contribution in [2.45, 2.75) is 57.4 Å². The van der Waals surface area contributed by atoms with Gasteiger partial charge in [-0.1, -0.05) is 31.7 Å². The molecular formula is C15H20F3NO. The number of nitrogen functional groups attached to an aromatic ring is 1. The molecule has 1 aromatic carbocycles. The van der Waals surface area contributed by atoms with Gasteiger partial charge >= 0.3 is 6.18 Å². The number of alkyl halides is 3. The third-order valence-corrected chi connectivity index (χ3v) is 3.72. The maximum absolute atomic E-state index is 12.9. The summed E-state index contributed by atoms with van der Waals surface area (Å²) in [5.74, 6) is 0. The van der Waals surface area contributed by atoms with E-state index in [1.165, 1.54) is 25.0 Å². The van der Waals surface area contributed by atoms with Gasteiger partial charge < -0.3 is 10.5 Å². The van der Waals surface area contributed by atoms with Crippen molar-refractivity contribution in [3.63, 3.8) is 0 Å². The quantitative estimate of drug-likeness (QED) is 0.655. The lowest BCUT2D eigenvalue weighted by Crippen LogP contribution is -2.15. The van der Waals surface area contributed by atoms with Crippen LogP contribution in [0.5, 0.6) is 0 Å². The van der Waals surface area contributed by atoms with Crippen LogP contribution < -0.4 is 5.73 Å². The Morgan fingerprint density at radius 2 is 1.75 bits per heavy atom. The Labute approximate surface area is 117 Å². The van der Waals surface area contributed by atoms with Gasteiger partial charge in [0.25, 0.3) is 0 Å². The molecule has 0 saturated heterocycles. The molecule has 1 aliphatic carbocycles. The van der Waals surface area contributed by atoms with Crippen LogP contribution in [0.15, 0.2) is 18.2 Å². The third-order valence-electron chi connectivity index (χ3n) is 3.72. The Morgan fingerprint density at radius 3 is 2.35 bits per heavy atom. The van der Waals surface area contributed by atoms with E-state index in [4.69, 9.17) is 10.5 Å². The summed E-state index contributed by atoms with van der Waals surface area (Å²) in [5, 5.41) is 0. The lowest BCUT2D eigenvalue weighted by atomic mass is 10.1. The summed E-state index contributed by atoms with van der Waals surface area (Å²) >= 11 is 0. The van der Waals surface area contributed by atoms with Gasteiger partial charge in [0.15, 0.2) is 0 Å². The minimum absolute atomic E-state index is 0.000208. The van der Waals surface area contributed by atoms with Gasteiger partial charge in [-0.05, 0) is 30.5 Å². The first-order valence-electron chi connectivity index (χ1n) is 7.04. The smallest absolute Gasteiger partial charge is 0.399 e. The number of nitrogens with two attached hydrogens (primary N) is 1. The number of hydrogen-bond donors (Lipinski definition) is 1. The highest BCUT2D eigenvalue weighted by atomic mass is 19.4. The molecule has 0 heterocycles. The number of anilines is 1. The van der Waals surface area contributed by atoms with Gasteiger partial charge in [0, 0.05) is 5.69 Å². The van der Waals surface area contributed by atoms with E-state index in [1.807, 2.05) is 0 Å². The van der Waals surface area contributed by atoms with E-state index in [9.17, 15) is 13.2 Å². The van der Waals surface area contributed by atoms with Crippen LogP contribution >= 0.6 is 0 Å². The Morgan fingerprint density at radius 1 is 1.10 bits per heavy atom. The van der Waals surface area contributed by atoms with Crippen molar-refractivity contribution < 1.29 is 17.9 Å². The van der Waals surface area contributed by atoms with Crippen LogP contribution in [-0.2, 0) is 17.5 Å². The summed E-state index contributed by atoms with van der Waals surface area (Å²) in [6.45, 7) is -0.000208. The highest BCUT2D eigenvalue weighted by Gasteiger charge is 2.33. The van der Waals surface area contributed by atoms with Crippen LogP contribution in [0.2, 0.25) is 0 Å². The van der Waals surface area contributed by atoms with Crippen molar-refractivity contribution in [2.24, 2.45) is 0 Å². The monoisotopic (exact) mass is 287 g/mol. The topological polar surface area (TPSA) is 35.2 Å². The molecule has 0 spiro atoms. The minimum Gasteiger partial charge on any atom is -0.399 e. The zero-order valence-corrected chi connectivity index (χ0v) is 11.4. The average molecular weight is 287 g/mol. The summed E-state index contributed by atoms with van der Waals surface area (Å²) in [6.07, 6.45) is 2.14. The van der Waals surface area contributed by atoms with Crippen LogP contribution in [-0.4, -0.2) is 6.10 Å². The molecule has 2 rings (SSSR count). The predicted octanol–water partition coefficient (Wildman–Crippen LogP) is 4.53. The van der Waals surface area contributed by atoms with Gasteiger partial charge in [-0.25, -0.2) is 0 Å². The summed E-state index contributed by atoms with van der Waals surface area (Å²) in [6, 6.07) is 3.88. The first-order valence-corrected chi connectivity index (χ1v) is 7.04. The molecule has 1 fully saturated rings. The summed E-state index contributed by atoms with van der Waals surface area (Å²) in [5.41, 5.74) is 5.04. The van der Waals surface area contributed by atoms with Crippen molar-refractivity contribution in [1.82, 2.24) is 0 Å². The van der Waals surface area contributed by atoms with Crippen LogP contribution in [0.25, 0.3) is 0 Å². The number of halogens is 3. The largest absolute Gasteiger partial charge is 0.416 e. The Bertz CT molecular complexity index is 437. The van der Waals surface area contributed by atoms with E-state index in [2.05, 4.69) is 0 Å². The summed E-state index contributed by atoms with van der Waals surface area (Å²) < 4.78 is 44.5. The third kappa shape index (κ3) is 4.13. The van der Waals surface area contributed by atoms with Gasteiger partial charge in [0.1, 0.15) is 0 Å². The molecule has 0 amide bonds. The molecule has 0 bridgehead atoms. The second kappa shape index (κ2) is 6.48. The zero-order valence-electron chi connectivity index (χ0n) is 11.4. The van der Waals surface area contributed by atoms with E-state index in [-0.39, 0.29) is 24.0 Å². The summed E-state index contributed by atoms with van der Waals surface area (Å²) in [4.78, 5) is 0. The van der Waals surface area contributed by atoms with E-state index >= 15 is 0 Å². The normalized spacial score (nSPS) is 17.9. The van der Waals surface area contributed by atoms with Gasteiger partial charge in [0.05, 0.1) is 18.3 Å². The first-order chi connectivity index (χ1) is 9.47. The van der Waals surface area contributed by atoms with Gasteiger partial charge in [-0.3, -0.25) is 0 Å². The molecule has 1 aliphatic rings.